The van der Waals surface area contributed by atoms with Gasteiger partial charge < -0.3 is 40.5 Å². The minimum atomic E-state index is -1.63. The van der Waals surface area contributed by atoms with Crippen LogP contribution in [-0.4, -0.2) is 98.9 Å². The van der Waals surface area contributed by atoms with Crippen LogP contribution in [0.25, 0.3) is 0 Å². The molecule has 1 unspecified atom stereocenters. The number of halogens is 1. The quantitative estimate of drug-likeness (QED) is 0.127. The summed E-state index contributed by atoms with van der Waals surface area (Å²) in [5, 5.41) is 44.9. The molecule has 2 aliphatic heterocycles. The zero-order valence-corrected chi connectivity index (χ0v) is 25.0. The number of urea groups is 1. The number of carbonyl (C=O) groups is 6. The third-order valence-corrected chi connectivity index (χ3v) is 7.98. The van der Waals surface area contributed by atoms with E-state index in [1.807, 2.05) is 0 Å². The Kier molecular flexibility index (Phi) is 9.88. The standard InChI is InChI=1S/C28H30BClN4O11/c1-13-3-4-15-11-16(29(44)45-24(15)20(13)27(41)42)12-19(37)22(17-5-6-18(36)23(38)21(17)30)32-28(43)34-10-9-33(25(39)26(34)40)8-7-31-14(2)35/h3-6,16,22,36,38,44H,7-12H2,1-2H3,(H,31,35)(H,32,43)(H,41,42)/t16-,22?/m1/s1. The average Bonchev–Trinajstić information content (AvgIpc) is 2.97. The second-order valence-electron chi connectivity index (χ2n) is 10.6. The van der Waals surface area contributed by atoms with Gasteiger partial charge in [-0.05, 0) is 30.5 Å². The maximum Gasteiger partial charge on any atom is 0.526 e. The lowest BCUT2D eigenvalue weighted by molar-refractivity contribution is -0.153. The summed E-state index contributed by atoms with van der Waals surface area (Å²) in [5.41, 5.74) is 0.576. The lowest BCUT2D eigenvalue weighted by Gasteiger charge is -2.34. The number of amides is 5. The van der Waals surface area contributed by atoms with Crippen LogP contribution in [0, 0.1) is 6.92 Å². The van der Waals surface area contributed by atoms with Crippen molar-refractivity contribution in [3.63, 3.8) is 0 Å². The summed E-state index contributed by atoms with van der Waals surface area (Å²) < 4.78 is 5.53. The Morgan fingerprint density at radius 3 is 2.49 bits per heavy atom. The molecule has 2 heterocycles. The van der Waals surface area contributed by atoms with Crippen molar-refractivity contribution in [2.75, 3.05) is 26.2 Å². The van der Waals surface area contributed by atoms with Gasteiger partial charge >= 0.3 is 30.9 Å². The number of carboxylic acids is 1. The largest absolute Gasteiger partial charge is 0.535 e. The van der Waals surface area contributed by atoms with Gasteiger partial charge in [0.05, 0.1) is 5.02 Å². The third kappa shape index (κ3) is 6.96. The van der Waals surface area contributed by atoms with Crippen LogP contribution < -0.4 is 15.3 Å². The highest BCUT2D eigenvalue weighted by Gasteiger charge is 2.42. The molecule has 238 valence electrons. The van der Waals surface area contributed by atoms with Crippen molar-refractivity contribution >= 4 is 54.2 Å². The number of hydrogen-bond donors (Lipinski definition) is 6. The van der Waals surface area contributed by atoms with Gasteiger partial charge in [-0.2, -0.15) is 0 Å². The number of aryl methyl sites for hydroxylation is 1. The van der Waals surface area contributed by atoms with Crippen LogP contribution in [0.1, 0.15) is 46.4 Å². The van der Waals surface area contributed by atoms with Gasteiger partial charge in [0.15, 0.2) is 17.3 Å². The SMILES string of the molecule is CC(=O)NCCN1CCN(C(=O)NC(C(=O)C[C@H]2Cc3ccc(C)c(C(=O)O)c3OB2O)c2ccc(O)c(O)c2Cl)C(=O)C1=O. The number of ketones is 1. The van der Waals surface area contributed by atoms with Crippen LogP contribution in [0.15, 0.2) is 24.3 Å². The number of carboxylic acid groups (broad SMARTS) is 1. The number of phenolic OH excluding ortho intramolecular Hbond substituents is 2. The molecule has 2 atom stereocenters. The van der Waals surface area contributed by atoms with E-state index in [1.165, 1.54) is 17.9 Å². The van der Waals surface area contributed by atoms with Gasteiger partial charge in [0, 0.05) is 50.9 Å². The van der Waals surface area contributed by atoms with Crippen molar-refractivity contribution in [1.82, 2.24) is 20.4 Å². The lowest BCUT2D eigenvalue weighted by atomic mass is 9.64. The van der Waals surface area contributed by atoms with Crippen LogP contribution in [0.5, 0.6) is 17.2 Å². The fourth-order valence-electron chi connectivity index (χ4n) is 5.21. The summed E-state index contributed by atoms with van der Waals surface area (Å²) in [7, 11) is -1.61. The number of aromatic carboxylic acids is 1. The van der Waals surface area contributed by atoms with E-state index in [0.717, 1.165) is 6.07 Å². The molecule has 0 saturated carbocycles. The van der Waals surface area contributed by atoms with Gasteiger partial charge in [-0.3, -0.25) is 24.1 Å². The first-order chi connectivity index (χ1) is 21.2. The molecule has 0 spiro atoms. The highest BCUT2D eigenvalue weighted by Crippen LogP contribution is 2.41. The van der Waals surface area contributed by atoms with E-state index in [2.05, 4.69) is 10.6 Å². The predicted octanol–water partition coefficient (Wildman–Crippen LogP) is 0.760. The molecule has 0 aliphatic carbocycles. The number of carbonyl (C=O) groups excluding carboxylic acids is 5. The van der Waals surface area contributed by atoms with Crippen LogP contribution in [0.3, 0.4) is 0 Å². The van der Waals surface area contributed by atoms with Crippen molar-refractivity contribution in [2.45, 2.75) is 38.5 Å². The van der Waals surface area contributed by atoms with Crippen molar-refractivity contribution in [2.24, 2.45) is 0 Å². The summed E-state index contributed by atoms with van der Waals surface area (Å²) in [6.07, 6.45) is -0.408. The Labute approximate surface area is 261 Å². The molecule has 2 aliphatic rings. The van der Waals surface area contributed by atoms with E-state index in [1.54, 1.807) is 19.1 Å². The summed E-state index contributed by atoms with van der Waals surface area (Å²) in [6, 6.07) is 2.66. The van der Waals surface area contributed by atoms with Gasteiger partial charge in [0.1, 0.15) is 17.4 Å². The number of nitrogens with zero attached hydrogens (tertiary/aromatic N) is 2. The molecule has 45 heavy (non-hydrogen) atoms. The van der Waals surface area contributed by atoms with E-state index in [9.17, 15) is 49.1 Å². The molecule has 17 heteroatoms. The number of piperazine rings is 1. The third-order valence-electron chi connectivity index (χ3n) is 7.58. The Balaban J connectivity index is 1.56. The van der Waals surface area contributed by atoms with E-state index in [-0.39, 0.29) is 55.4 Å². The summed E-state index contributed by atoms with van der Waals surface area (Å²) in [4.78, 5) is 77.2. The normalized spacial score (nSPS) is 16.9. The lowest BCUT2D eigenvalue weighted by Crippen LogP contribution is -2.59. The van der Waals surface area contributed by atoms with E-state index in [4.69, 9.17) is 16.3 Å². The highest BCUT2D eigenvalue weighted by atomic mass is 35.5. The average molecular weight is 645 g/mol. The number of fused-ring (bicyclic) bond motifs is 1. The minimum Gasteiger partial charge on any atom is -0.535 e. The first kappa shape index (κ1) is 33.1. The number of benzene rings is 2. The van der Waals surface area contributed by atoms with Gasteiger partial charge in [-0.1, -0.05) is 29.8 Å². The molecule has 15 nitrogen and oxygen atoms in total. The molecule has 0 bridgehead atoms. The second kappa shape index (κ2) is 13.4. The molecular weight excluding hydrogens is 615 g/mol. The first-order valence-corrected chi connectivity index (χ1v) is 14.2. The molecule has 6 N–H and O–H groups in total. The number of phenols is 2. The minimum absolute atomic E-state index is 0.0190. The summed E-state index contributed by atoms with van der Waals surface area (Å²) >= 11 is 6.23. The molecule has 5 amide bonds. The zero-order chi connectivity index (χ0) is 33.2. The molecule has 0 radical (unpaired) electrons. The van der Waals surface area contributed by atoms with Crippen LogP contribution in [0.4, 0.5) is 4.79 Å². The van der Waals surface area contributed by atoms with Crippen molar-refractivity contribution in [3.8, 4) is 17.2 Å². The topological polar surface area (TPSA) is 223 Å². The summed E-state index contributed by atoms with van der Waals surface area (Å²) in [6.45, 7) is 2.72. The summed E-state index contributed by atoms with van der Waals surface area (Å²) in [5.74, 6) is -6.80. The fraction of sp³-hybridized carbons (Fsp3) is 0.357. The Bertz CT molecular complexity index is 1590. The molecule has 2 aromatic rings. The van der Waals surface area contributed by atoms with Gasteiger partial charge in [-0.25, -0.2) is 9.59 Å². The van der Waals surface area contributed by atoms with Crippen molar-refractivity contribution in [1.29, 1.82) is 0 Å². The predicted molar refractivity (Wildman–Crippen MR) is 157 cm³/mol. The van der Waals surface area contributed by atoms with Crippen LogP contribution >= 0.6 is 11.6 Å². The van der Waals surface area contributed by atoms with Crippen LogP contribution in [-0.2, 0) is 25.6 Å². The number of imide groups is 1. The fourth-order valence-corrected chi connectivity index (χ4v) is 5.48. The number of aromatic hydroxyl groups is 2. The van der Waals surface area contributed by atoms with Crippen LogP contribution in [0.2, 0.25) is 10.8 Å². The molecule has 4 rings (SSSR count). The first-order valence-electron chi connectivity index (χ1n) is 13.8. The van der Waals surface area contributed by atoms with Gasteiger partial charge in [0.2, 0.25) is 5.91 Å². The zero-order valence-electron chi connectivity index (χ0n) is 24.2. The number of rotatable bonds is 9. The van der Waals surface area contributed by atoms with E-state index in [0.29, 0.717) is 16.0 Å². The van der Waals surface area contributed by atoms with Crippen molar-refractivity contribution < 1.29 is 53.8 Å². The van der Waals surface area contributed by atoms with E-state index < -0.39 is 71.5 Å². The number of nitrogens with one attached hydrogen (secondary N) is 2. The molecule has 0 aromatic heterocycles. The smallest absolute Gasteiger partial charge is 0.526 e. The number of hydrogen-bond acceptors (Lipinski definition) is 10. The van der Waals surface area contributed by atoms with Gasteiger partial charge in [-0.15, -0.1) is 0 Å². The monoisotopic (exact) mass is 644 g/mol. The van der Waals surface area contributed by atoms with E-state index >= 15 is 0 Å². The Morgan fingerprint density at radius 1 is 1.11 bits per heavy atom. The maximum atomic E-state index is 13.7. The van der Waals surface area contributed by atoms with Crippen molar-refractivity contribution in [3.05, 3.63) is 51.5 Å². The van der Waals surface area contributed by atoms with Gasteiger partial charge in [0.25, 0.3) is 0 Å². The molecule has 1 fully saturated rings. The second-order valence-corrected chi connectivity index (χ2v) is 11.0. The molecule has 2 aromatic carbocycles. The highest BCUT2D eigenvalue weighted by molar-refractivity contribution is 6.47. The molecular formula is C28H30BClN4O11. The Morgan fingerprint density at radius 2 is 1.82 bits per heavy atom. The molecule has 1 saturated heterocycles. The number of Topliss-reactive ketones (excluding diaryl/α,β-unsaturated/α-hetero) is 1. The maximum absolute atomic E-state index is 13.7. The Hall–Kier alpha value is -4.83.